The second kappa shape index (κ2) is 6.28. The van der Waals surface area contributed by atoms with Gasteiger partial charge in [0.25, 0.3) is 0 Å². The van der Waals surface area contributed by atoms with Crippen molar-refractivity contribution >= 4 is 7.69 Å². The van der Waals surface area contributed by atoms with Gasteiger partial charge in [-0.3, -0.25) is 0 Å². The van der Waals surface area contributed by atoms with E-state index in [1.807, 2.05) is 0 Å². The summed E-state index contributed by atoms with van der Waals surface area (Å²) in [7, 11) is 0.583. The van der Waals surface area contributed by atoms with E-state index < -0.39 is 0 Å². The van der Waals surface area contributed by atoms with Crippen LogP contribution >= 0.6 is 0 Å². The van der Waals surface area contributed by atoms with Crippen molar-refractivity contribution in [2.24, 2.45) is 10.6 Å². The fourth-order valence-electron chi connectivity index (χ4n) is 0.0999. The average Bonchev–Trinajstić information content (AvgIpc) is 1.89. The third kappa shape index (κ3) is 6.28. The van der Waals surface area contributed by atoms with Gasteiger partial charge in [-0.15, -0.1) is 0 Å². The Morgan fingerprint density at radius 1 is 1.11 bits per heavy atom. The van der Waals surface area contributed by atoms with Gasteiger partial charge in [0.2, 0.25) is 0 Å². The van der Waals surface area contributed by atoms with Gasteiger partial charge in [0.05, 0.1) is 10.6 Å². The molecule has 0 fully saturated rings. The number of hydrogen-bond acceptors (Lipinski definition) is 4. The quantitative estimate of drug-likeness (QED) is 0.140. The fourth-order valence-corrected chi connectivity index (χ4v) is 0.0999. The van der Waals surface area contributed by atoms with Crippen molar-refractivity contribution < 1.29 is 9.51 Å². The van der Waals surface area contributed by atoms with Crippen LogP contribution in [0.1, 0.15) is 0 Å². The van der Waals surface area contributed by atoms with Gasteiger partial charge in [-0.2, -0.15) is 0 Å². The number of azide groups is 2. The van der Waals surface area contributed by atoms with Crippen LogP contribution in [0.4, 0.5) is 0 Å². The molecule has 0 aromatic carbocycles. The zero-order valence-corrected chi connectivity index (χ0v) is 4.08. The molecule has 0 aromatic rings. The maximum absolute atomic E-state index is 7.58. The second-order valence-electron chi connectivity index (χ2n) is 0.649. The highest BCUT2D eigenvalue weighted by Crippen LogP contribution is 1.76. The first kappa shape index (κ1) is 7.28. The van der Waals surface area contributed by atoms with Crippen molar-refractivity contribution in [3.63, 3.8) is 0 Å². The number of hydrogen-bond donors (Lipinski definition) is 0. The molecule has 0 saturated heterocycles. The number of nitrogens with zero attached hydrogens (tertiary/aromatic N) is 6. The van der Waals surface area contributed by atoms with E-state index in [0.29, 0.717) is 7.69 Å². The first-order chi connectivity index (χ1) is 4.41. The van der Waals surface area contributed by atoms with E-state index in [-0.39, 0.29) is 0 Å². The van der Waals surface area contributed by atoms with Crippen molar-refractivity contribution in [2.45, 2.75) is 0 Å². The van der Waals surface area contributed by atoms with Gasteiger partial charge in [0.15, 0.2) is 0 Å². The van der Waals surface area contributed by atoms with Gasteiger partial charge >= 0.3 is 7.69 Å². The molecule has 45 valence electrons. The predicted molar refractivity (Wildman–Crippen MR) is 26.2 cm³/mol. The first-order valence-electron chi connectivity index (χ1n) is 1.64. The molecular weight excluding hydrogens is 127 g/mol. The lowest BCUT2D eigenvalue weighted by molar-refractivity contribution is 0.231. The zero-order valence-electron chi connectivity index (χ0n) is 4.08. The van der Waals surface area contributed by atoms with Crippen molar-refractivity contribution in [1.29, 1.82) is 0 Å². The van der Waals surface area contributed by atoms with Crippen LogP contribution in [0.25, 0.3) is 20.9 Å². The molecule has 0 aliphatic rings. The Morgan fingerprint density at radius 3 is 1.89 bits per heavy atom. The van der Waals surface area contributed by atoms with Crippen LogP contribution in [0.3, 0.4) is 0 Å². The van der Waals surface area contributed by atoms with Crippen molar-refractivity contribution in [3.05, 3.63) is 20.9 Å². The largest absolute Gasteiger partial charge is 0.671 e. The normalized spacial score (nSPS) is 5.78. The van der Waals surface area contributed by atoms with E-state index in [1.165, 1.54) is 0 Å². The van der Waals surface area contributed by atoms with Gasteiger partial charge in [0.1, 0.15) is 0 Å². The molecule has 0 N–H and O–H groups in total. The Kier molecular flexibility index (Phi) is 5.09. The van der Waals surface area contributed by atoms with E-state index >= 15 is 0 Å². The third-order valence-corrected chi connectivity index (χ3v) is 0.253. The smallest absolute Gasteiger partial charge is 0.465 e. The van der Waals surface area contributed by atoms with Gasteiger partial charge in [-0.25, -0.2) is 0 Å². The summed E-state index contributed by atoms with van der Waals surface area (Å²) in [5.74, 6) is 0. The Labute approximate surface area is 49.8 Å². The molecule has 0 heterocycles. The highest BCUT2D eigenvalue weighted by atomic mass is 16.7. The topological polar surface area (TPSA) is 116 Å². The molecule has 0 spiro atoms. The molecule has 0 atom stereocenters. The average molecular weight is 127 g/mol. The third-order valence-electron chi connectivity index (χ3n) is 0.253. The van der Waals surface area contributed by atoms with Gasteiger partial charge < -0.3 is 9.51 Å². The molecule has 0 aliphatic carbocycles. The lowest BCUT2D eigenvalue weighted by Crippen LogP contribution is -1.91. The molecule has 1 radical (unpaired) electrons. The van der Waals surface area contributed by atoms with Gasteiger partial charge in [-0.1, -0.05) is 0 Å². The summed E-state index contributed by atoms with van der Waals surface area (Å²) in [6.07, 6.45) is 0. The van der Waals surface area contributed by atoms with E-state index in [1.54, 1.807) is 0 Å². The van der Waals surface area contributed by atoms with Crippen LogP contribution in [0.15, 0.2) is 10.6 Å². The zero-order chi connectivity index (χ0) is 6.95. The highest BCUT2D eigenvalue weighted by molar-refractivity contribution is 6.17. The lowest BCUT2D eigenvalue weighted by atomic mass is 10.4. The van der Waals surface area contributed by atoms with Crippen LogP contribution in [-0.2, 0) is 9.51 Å². The maximum Gasteiger partial charge on any atom is 0.671 e. The summed E-state index contributed by atoms with van der Waals surface area (Å²) in [4.78, 5) is 4.38. The van der Waals surface area contributed by atoms with Gasteiger partial charge in [-0.05, 0) is 11.1 Å². The summed E-state index contributed by atoms with van der Waals surface area (Å²) in [6.45, 7) is 0. The minimum absolute atomic E-state index is 0.583. The van der Waals surface area contributed by atoms with Crippen LogP contribution in [0.2, 0.25) is 0 Å². The molecule has 0 unspecified atom stereocenters. The molecule has 8 nitrogen and oxygen atoms in total. The minimum atomic E-state index is 0.583. The van der Waals surface area contributed by atoms with E-state index in [2.05, 4.69) is 29.9 Å². The second-order valence-corrected chi connectivity index (χ2v) is 0.649. The van der Waals surface area contributed by atoms with E-state index in [0.717, 1.165) is 0 Å². The van der Waals surface area contributed by atoms with Crippen LogP contribution < -0.4 is 0 Å². The molecule has 0 saturated carbocycles. The SMILES string of the molecule is [N-]=[N+]=NO[B]ON=[N+]=[N-]. The number of rotatable bonds is 4. The Bertz CT molecular complexity index is 134. The van der Waals surface area contributed by atoms with E-state index in [4.69, 9.17) is 11.1 Å². The van der Waals surface area contributed by atoms with Crippen LogP contribution in [-0.4, -0.2) is 7.69 Å². The molecule has 0 aromatic heterocycles. The molecule has 0 bridgehead atoms. The molecule has 0 aliphatic heterocycles. The molecule has 0 amide bonds. The lowest BCUT2D eigenvalue weighted by Gasteiger charge is -1.86. The van der Waals surface area contributed by atoms with Crippen molar-refractivity contribution in [1.82, 2.24) is 0 Å². The summed E-state index contributed by atoms with van der Waals surface area (Å²) in [6, 6.07) is 0. The van der Waals surface area contributed by atoms with Crippen LogP contribution in [0.5, 0.6) is 0 Å². The molecule has 9 heteroatoms. The monoisotopic (exact) mass is 127 g/mol. The fraction of sp³-hybridized carbons (Fsp3) is 0. The Morgan fingerprint density at radius 2 is 1.56 bits per heavy atom. The molecular formula is BN6O2. The maximum atomic E-state index is 7.58. The summed E-state index contributed by atoms with van der Waals surface area (Å²) in [5.41, 5.74) is 15.2. The van der Waals surface area contributed by atoms with E-state index in [9.17, 15) is 0 Å². The first-order valence-corrected chi connectivity index (χ1v) is 1.64. The Hall–Kier alpha value is -1.72. The summed E-state index contributed by atoms with van der Waals surface area (Å²) < 4.78 is 7.76. The summed E-state index contributed by atoms with van der Waals surface area (Å²) in [5, 5.41) is 5.12. The molecule has 9 heavy (non-hydrogen) atoms. The highest BCUT2D eigenvalue weighted by Gasteiger charge is 1.88. The predicted octanol–water partition coefficient (Wildman–Crippen LogP) is 1.00. The minimum Gasteiger partial charge on any atom is -0.465 e. The van der Waals surface area contributed by atoms with Crippen LogP contribution in [0, 0.1) is 0 Å². The summed E-state index contributed by atoms with van der Waals surface area (Å²) >= 11 is 0. The van der Waals surface area contributed by atoms with Crippen molar-refractivity contribution in [2.75, 3.05) is 0 Å². The standard InChI is InChI=1S/BN6O2/c2-4-6-8-1-9-7-5-3. The Balaban J connectivity index is 3.09. The molecule has 0 rings (SSSR count). The van der Waals surface area contributed by atoms with Gasteiger partial charge in [0, 0.05) is 9.82 Å². The van der Waals surface area contributed by atoms with Crippen molar-refractivity contribution in [3.8, 4) is 0 Å².